The van der Waals surface area contributed by atoms with E-state index in [4.69, 9.17) is 9.15 Å². The number of ether oxygens (including phenoxy) is 1. The molecule has 2 aromatic heterocycles. The molecule has 0 unspecified atom stereocenters. The summed E-state index contributed by atoms with van der Waals surface area (Å²) in [5.74, 6) is 0.484. The molecule has 0 atom stereocenters. The second-order valence-electron chi connectivity index (χ2n) is 5.93. The van der Waals surface area contributed by atoms with Gasteiger partial charge in [-0.3, -0.25) is 14.6 Å². The predicted octanol–water partition coefficient (Wildman–Crippen LogP) is 2.33. The number of nitrogens with zero attached hydrogens (tertiary/aromatic N) is 4. The number of amides is 2. The van der Waals surface area contributed by atoms with Gasteiger partial charge >= 0.3 is 0 Å². The Morgan fingerprint density at radius 2 is 2.10 bits per heavy atom. The summed E-state index contributed by atoms with van der Waals surface area (Å²) >= 11 is 1.11. The van der Waals surface area contributed by atoms with Crippen LogP contribution >= 0.6 is 11.8 Å². The Kier molecular flexibility index (Phi) is 6.80. The molecule has 0 radical (unpaired) electrons. The standard InChI is InChI=1S/C19H19N5O4S/c1-24(11-16(25)21-14-6-3-7-15(9-14)27-2)17(26)12-29-19-23-22-18(28-19)13-5-4-8-20-10-13/h3-10H,11-12H2,1-2H3,(H,21,25). The number of aromatic nitrogens is 3. The molecule has 10 heteroatoms. The minimum atomic E-state index is -0.309. The molecule has 0 fully saturated rings. The number of likely N-dealkylation sites (N-methyl/N-ethyl adjacent to an activating group) is 1. The Hall–Kier alpha value is -3.40. The average molecular weight is 413 g/mol. The highest BCUT2D eigenvalue weighted by Gasteiger charge is 2.16. The summed E-state index contributed by atoms with van der Waals surface area (Å²) in [5, 5.41) is 10.9. The first kappa shape index (κ1) is 20.3. The van der Waals surface area contributed by atoms with Gasteiger partial charge < -0.3 is 19.4 Å². The van der Waals surface area contributed by atoms with Gasteiger partial charge in [0, 0.05) is 31.2 Å². The van der Waals surface area contributed by atoms with E-state index < -0.39 is 0 Å². The minimum Gasteiger partial charge on any atom is -0.497 e. The first-order valence-corrected chi connectivity index (χ1v) is 9.58. The number of nitrogens with one attached hydrogen (secondary N) is 1. The number of pyridine rings is 1. The van der Waals surface area contributed by atoms with Gasteiger partial charge in [0.25, 0.3) is 5.22 Å². The molecule has 0 saturated heterocycles. The van der Waals surface area contributed by atoms with E-state index in [0.29, 0.717) is 22.9 Å². The Morgan fingerprint density at radius 1 is 1.24 bits per heavy atom. The molecule has 0 spiro atoms. The van der Waals surface area contributed by atoms with E-state index in [1.165, 1.54) is 4.90 Å². The van der Waals surface area contributed by atoms with Crippen LogP contribution in [0.15, 0.2) is 58.4 Å². The second-order valence-corrected chi connectivity index (χ2v) is 6.86. The summed E-state index contributed by atoms with van der Waals surface area (Å²) in [6.07, 6.45) is 3.26. The van der Waals surface area contributed by atoms with Gasteiger partial charge in [-0.25, -0.2) is 0 Å². The van der Waals surface area contributed by atoms with Gasteiger partial charge in [-0.15, -0.1) is 10.2 Å². The number of benzene rings is 1. The van der Waals surface area contributed by atoms with Crippen molar-refractivity contribution in [3.05, 3.63) is 48.8 Å². The van der Waals surface area contributed by atoms with Crippen LogP contribution < -0.4 is 10.1 Å². The van der Waals surface area contributed by atoms with Crippen LogP contribution in [0.4, 0.5) is 5.69 Å². The van der Waals surface area contributed by atoms with E-state index in [1.54, 1.807) is 62.9 Å². The van der Waals surface area contributed by atoms with Crippen LogP contribution in [0.2, 0.25) is 0 Å². The smallest absolute Gasteiger partial charge is 0.277 e. The zero-order valence-electron chi connectivity index (χ0n) is 15.9. The van der Waals surface area contributed by atoms with E-state index in [-0.39, 0.29) is 29.3 Å². The third kappa shape index (κ3) is 5.79. The van der Waals surface area contributed by atoms with Gasteiger partial charge in [0.15, 0.2) is 0 Å². The van der Waals surface area contributed by atoms with Crippen molar-refractivity contribution in [2.45, 2.75) is 5.22 Å². The van der Waals surface area contributed by atoms with Crippen molar-refractivity contribution in [2.75, 3.05) is 31.8 Å². The van der Waals surface area contributed by atoms with Gasteiger partial charge in [0.05, 0.1) is 25.0 Å². The van der Waals surface area contributed by atoms with Gasteiger partial charge in [0.2, 0.25) is 17.7 Å². The lowest BCUT2D eigenvalue weighted by Crippen LogP contribution is -2.35. The fourth-order valence-electron chi connectivity index (χ4n) is 2.31. The van der Waals surface area contributed by atoms with E-state index in [9.17, 15) is 9.59 Å². The van der Waals surface area contributed by atoms with Crippen LogP contribution in [0.1, 0.15) is 0 Å². The summed E-state index contributed by atoms with van der Waals surface area (Å²) < 4.78 is 10.6. The maximum atomic E-state index is 12.3. The molecule has 1 aromatic carbocycles. The molecule has 0 aliphatic heterocycles. The molecular weight excluding hydrogens is 394 g/mol. The maximum absolute atomic E-state index is 12.3. The van der Waals surface area contributed by atoms with Gasteiger partial charge in [-0.1, -0.05) is 17.8 Å². The predicted molar refractivity (Wildman–Crippen MR) is 108 cm³/mol. The zero-order valence-corrected chi connectivity index (χ0v) is 16.7. The van der Waals surface area contributed by atoms with Crippen LogP contribution in [-0.2, 0) is 9.59 Å². The summed E-state index contributed by atoms with van der Waals surface area (Å²) in [6.45, 7) is -0.0820. The van der Waals surface area contributed by atoms with Crippen molar-refractivity contribution in [3.8, 4) is 17.2 Å². The zero-order chi connectivity index (χ0) is 20.6. The Morgan fingerprint density at radius 3 is 2.86 bits per heavy atom. The Labute approximate surface area is 171 Å². The highest BCUT2D eigenvalue weighted by molar-refractivity contribution is 7.99. The molecular formula is C19H19N5O4S. The molecule has 2 heterocycles. The summed E-state index contributed by atoms with van der Waals surface area (Å²) in [7, 11) is 3.11. The van der Waals surface area contributed by atoms with Gasteiger partial charge in [-0.2, -0.15) is 0 Å². The first-order chi connectivity index (χ1) is 14.0. The highest BCUT2D eigenvalue weighted by Crippen LogP contribution is 2.22. The summed E-state index contributed by atoms with van der Waals surface area (Å²) in [4.78, 5) is 29.8. The molecule has 150 valence electrons. The van der Waals surface area contributed by atoms with Gasteiger partial charge in [0.1, 0.15) is 5.75 Å². The van der Waals surface area contributed by atoms with Gasteiger partial charge in [-0.05, 0) is 24.3 Å². The van der Waals surface area contributed by atoms with E-state index in [0.717, 1.165) is 11.8 Å². The van der Waals surface area contributed by atoms with Crippen molar-refractivity contribution in [1.29, 1.82) is 0 Å². The number of rotatable bonds is 8. The van der Waals surface area contributed by atoms with E-state index >= 15 is 0 Å². The third-order valence-electron chi connectivity index (χ3n) is 3.79. The van der Waals surface area contributed by atoms with E-state index in [2.05, 4.69) is 20.5 Å². The number of hydrogen-bond acceptors (Lipinski definition) is 8. The first-order valence-electron chi connectivity index (χ1n) is 8.59. The number of hydrogen-bond donors (Lipinski definition) is 1. The molecule has 29 heavy (non-hydrogen) atoms. The largest absolute Gasteiger partial charge is 0.497 e. The molecule has 9 nitrogen and oxygen atoms in total. The van der Waals surface area contributed by atoms with Crippen LogP contribution in [0.5, 0.6) is 5.75 Å². The van der Waals surface area contributed by atoms with Crippen LogP contribution in [0.25, 0.3) is 11.5 Å². The minimum absolute atomic E-state index is 0.0671. The highest BCUT2D eigenvalue weighted by atomic mass is 32.2. The van der Waals surface area contributed by atoms with E-state index in [1.807, 2.05) is 0 Å². The number of carbonyl (C=O) groups excluding carboxylic acids is 2. The van der Waals surface area contributed by atoms with Crippen molar-refractivity contribution < 1.29 is 18.7 Å². The normalized spacial score (nSPS) is 10.4. The molecule has 3 rings (SSSR count). The summed E-state index contributed by atoms with van der Waals surface area (Å²) in [6, 6.07) is 10.6. The molecule has 2 amide bonds. The third-order valence-corrected chi connectivity index (χ3v) is 4.60. The fourth-order valence-corrected chi connectivity index (χ4v) is 3.02. The number of thioether (sulfide) groups is 1. The number of methoxy groups -OCH3 is 1. The van der Waals surface area contributed by atoms with Crippen molar-refractivity contribution in [3.63, 3.8) is 0 Å². The fraction of sp³-hybridized carbons (Fsp3) is 0.211. The lowest BCUT2D eigenvalue weighted by atomic mass is 10.3. The molecule has 0 aliphatic carbocycles. The SMILES string of the molecule is COc1cccc(NC(=O)CN(C)C(=O)CSc2nnc(-c3cccnc3)o2)c1. The van der Waals surface area contributed by atoms with Crippen LogP contribution in [0, 0.1) is 0 Å². The molecule has 1 N–H and O–H groups in total. The van der Waals surface area contributed by atoms with Crippen molar-refractivity contribution >= 4 is 29.3 Å². The molecule has 0 aliphatic rings. The Balaban J connectivity index is 1.48. The lowest BCUT2D eigenvalue weighted by Gasteiger charge is -2.16. The number of carbonyl (C=O) groups is 2. The van der Waals surface area contributed by atoms with Crippen LogP contribution in [-0.4, -0.2) is 58.4 Å². The average Bonchev–Trinajstić information content (AvgIpc) is 3.21. The topological polar surface area (TPSA) is 110 Å². The summed E-state index contributed by atoms with van der Waals surface area (Å²) in [5.41, 5.74) is 1.29. The van der Waals surface area contributed by atoms with Crippen molar-refractivity contribution in [2.24, 2.45) is 0 Å². The molecule has 0 bridgehead atoms. The molecule has 0 saturated carbocycles. The number of anilines is 1. The monoisotopic (exact) mass is 413 g/mol. The lowest BCUT2D eigenvalue weighted by molar-refractivity contribution is -0.131. The molecule has 3 aromatic rings. The second kappa shape index (κ2) is 9.69. The maximum Gasteiger partial charge on any atom is 0.277 e. The van der Waals surface area contributed by atoms with Crippen LogP contribution in [0.3, 0.4) is 0 Å². The quantitative estimate of drug-likeness (QED) is 0.560. The van der Waals surface area contributed by atoms with Crippen molar-refractivity contribution in [1.82, 2.24) is 20.1 Å². The Bertz CT molecular complexity index is 979.